The molecule has 1 N–H and O–H groups in total. The fraction of sp³-hybridized carbons (Fsp3) is 0.429. The Morgan fingerprint density at radius 1 is 1.47 bits per heavy atom. The van der Waals surface area contributed by atoms with Gasteiger partial charge in [-0.2, -0.15) is 0 Å². The number of halogens is 1. The van der Waals surface area contributed by atoms with Crippen LogP contribution in [0.4, 0.5) is 4.39 Å². The van der Waals surface area contributed by atoms with Crippen molar-refractivity contribution in [1.82, 2.24) is 0 Å². The summed E-state index contributed by atoms with van der Waals surface area (Å²) in [6.07, 6.45) is 0.992. The first-order valence-corrected chi connectivity index (χ1v) is 5.69. The molecule has 0 amide bonds. The van der Waals surface area contributed by atoms with E-state index in [2.05, 4.69) is 18.8 Å². The summed E-state index contributed by atoms with van der Waals surface area (Å²) in [5.41, 5.74) is 0.639. The Bertz CT molecular complexity index is 418. The van der Waals surface area contributed by atoms with E-state index in [1.165, 1.54) is 6.07 Å². The van der Waals surface area contributed by atoms with Crippen molar-refractivity contribution in [1.29, 1.82) is 0 Å². The maximum Gasteiger partial charge on any atom is 0.165 e. The highest BCUT2D eigenvalue weighted by atomic mass is 19.1. The first kappa shape index (κ1) is 13.5. The Hall–Kier alpha value is -1.53. The van der Waals surface area contributed by atoms with Crippen LogP contribution in [-0.4, -0.2) is 18.3 Å². The van der Waals surface area contributed by atoms with Gasteiger partial charge in [-0.25, -0.2) is 4.39 Å². The normalized spacial score (nSPS) is 11.5. The van der Waals surface area contributed by atoms with Gasteiger partial charge in [0.15, 0.2) is 11.6 Å². The minimum absolute atomic E-state index is 0.208. The molecule has 0 radical (unpaired) electrons. The third-order valence-electron chi connectivity index (χ3n) is 2.46. The molecule has 0 aromatic heterocycles. The highest BCUT2D eigenvalue weighted by Crippen LogP contribution is 2.19. The lowest BCUT2D eigenvalue weighted by Crippen LogP contribution is -2.08. The first-order chi connectivity index (χ1) is 8.17. The maximum atomic E-state index is 13.4. The summed E-state index contributed by atoms with van der Waals surface area (Å²) in [7, 11) is 0. The number of hydrogen-bond acceptors (Lipinski definition) is 2. The van der Waals surface area contributed by atoms with Crippen LogP contribution in [0.1, 0.15) is 25.8 Å². The second-order valence-corrected chi connectivity index (χ2v) is 3.93. The van der Waals surface area contributed by atoms with Gasteiger partial charge in [0.1, 0.15) is 6.61 Å². The van der Waals surface area contributed by atoms with Crippen molar-refractivity contribution in [2.24, 2.45) is 5.92 Å². The molecular weight excluding hydrogens is 219 g/mol. The van der Waals surface area contributed by atoms with E-state index in [1.807, 2.05) is 6.92 Å². The highest BCUT2D eigenvalue weighted by molar-refractivity contribution is 5.40. The van der Waals surface area contributed by atoms with E-state index in [1.54, 1.807) is 12.1 Å². The van der Waals surface area contributed by atoms with Gasteiger partial charge < -0.3 is 9.84 Å². The number of aliphatic hydroxyl groups is 1. The van der Waals surface area contributed by atoms with Crippen LogP contribution in [0.25, 0.3) is 0 Å². The summed E-state index contributed by atoms with van der Waals surface area (Å²) in [4.78, 5) is 0. The van der Waals surface area contributed by atoms with Gasteiger partial charge in [-0.1, -0.05) is 32.1 Å². The minimum atomic E-state index is -0.386. The summed E-state index contributed by atoms with van der Waals surface area (Å²) in [5, 5.41) is 8.58. The standard InChI is InChI=1S/C14H17FO2/c1-3-11(2)10-17-14-9-12(5-4-8-16)6-7-13(14)15/h6-7,9,11,16H,3,8,10H2,1-2H3. The molecule has 92 valence electrons. The second-order valence-electron chi connectivity index (χ2n) is 3.93. The molecule has 2 nitrogen and oxygen atoms in total. The topological polar surface area (TPSA) is 29.5 Å². The summed E-state index contributed by atoms with van der Waals surface area (Å²) in [6, 6.07) is 4.45. The zero-order chi connectivity index (χ0) is 12.7. The third-order valence-corrected chi connectivity index (χ3v) is 2.46. The maximum absolute atomic E-state index is 13.4. The van der Waals surface area contributed by atoms with E-state index in [0.717, 1.165) is 6.42 Å². The second kappa shape index (κ2) is 6.93. The predicted octanol–water partition coefficient (Wildman–Crippen LogP) is 2.59. The average Bonchev–Trinajstić information content (AvgIpc) is 2.35. The van der Waals surface area contributed by atoms with Crippen molar-refractivity contribution >= 4 is 0 Å². The zero-order valence-corrected chi connectivity index (χ0v) is 10.2. The van der Waals surface area contributed by atoms with Gasteiger partial charge in [-0.3, -0.25) is 0 Å². The molecule has 0 saturated heterocycles. The quantitative estimate of drug-likeness (QED) is 0.814. The molecule has 0 bridgehead atoms. The Kier molecular flexibility index (Phi) is 5.51. The minimum Gasteiger partial charge on any atom is -0.490 e. The van der Waals surface area contributed by atoms with Crippen molar-refractivity contribution in [2.75, 3.05) is 13.2 Å². The molecule has 1 aromatic carbocycles. The van der Waals surface area contributed by atoms with Gasteiger partial charge in [0.25, 0.3) is 0 Å². The van der Waals surface area contributed by atoms with Gasteiger partial charge >= 0.3 is 0 Å². The summed E-state index contributed by atoms with van der Waals surface area (Å²) in [5.74, 6) is 5.45. The van der Waals surface area contributed by atoms with E-state index in [4.69, 9.17) is 9.84 Å². The third kappa shape index (κ3) is 4.46. The van der Waals surface area contributed by atoms with Gasteiger partial charge in [-0.15, -0.1) is 0 Å². The number of ether oxygens (including phenoxy) is 1. The fourth-order valence-electron chi connectivity index (χ4n) is 1.18. The van der Waals surface area contributed by atoms with Crippen LogP contribution in [-0.2, 0) is 0 Å². The van der Waals surface area contributed by atoms with Crippen molar-refractivity contribution < 1.29 is 14.2 Å². The van der Waals surface area contributed by atoms with Gasteiger partial charge in [0.05, 0.1) is 6.61 Å². The Morgan fingerprint density at radius 3 is 2.88 bits per heavy atom. The van der Waals surface area contributed by atoms with Crippen LogP contribution in [0.5, 0.6) is 5.75 Å². The number of rotatable bonds is 4. The number of benzene rings is 1. The molecule has 0 fully saturated rings. The predicted molar refractivity (Wildman–Crippen MR) is 65.3 cm³/mol. The van der Waals surface area contributed by atoms with Crippen LogP contribution in [0.3, 0.4) is 0 Å². The molecule has 1 aromatic rings. The molecule has 3 heteroatoms. The van der Waals surface area contributed by atoms with Crippen molar-refractivity contribution in [3.63, 3.8) is 0 Å². The molecule has 0 spiro atoms. The lowest BCUT2D eigenvalue weighted by molar-refractivity contribution is 0.246. The van der Waals surface area contributed by atoms with Gasteiger partial charge in [-0.05, 0) is 24.1 Å². The van der Waals surface area contributed by atoms with Crippen molar-refractivity contribution in [3.05, 3.63) is 29.6 Å². The van der Waals surface area contributed by atoms with Crippen LogP contribution in [0.2, 0.25) is 0 Å². The zero-order valence-electron chi connectivity index (χ0n) is 10.2. The Balaban J connectivity index is 2.76. The molecule has 1 atom stereocenters. The van der Waals surface area contributed by atoms with E-state index in [0.29, 0.717) is 18.1 Å². The van der Waals surface area contributed by atoms with E-state index in [-0.39, 0.29) is 18.2 Å². The van der Waals surface area contributed by atoms with E-state index < -0.39 is 0 Å². The summed E-state index contributed by atoms with van der Waals surface area (Å²) < 4.78 is 18.8. The molecule has 1 rings (SSSR count). The van der Waals surface area contributed by atoms with Crippen molar-refractivity contribution in [2.45, 2.75) is 20.3 Å². The van der Waals surface area contributed by atoms with Gasteiger partial charge in [0, 0.05) is 5.56 Å². The average molecular weight is 236 g/mol. The molecule has 0 aliphatic rings. The molecule has 1 unspecified atom stereocenters. The van der Waals surface area contributed by atoms with Crippen LogP contribution >= 0.6 is 0 Å². The summed E-state index contributed by atoms with van der Waals surface area (Å²) >= 11 is 0. The molecule has 0 aliphatic carbocycles. The summed E-state index contributed by atoms with van der Waals surface area (Å²) in [6.45, 7) is 4.39. The van der Waals surface area contributed by atoms with Crippen molar-refractivity contribution in [3.8, 4) is 17.6 Å². The monoisotopic (exact) mass is 236 g/mol. The highest BCUT2D eigenvalue weighted by Gasteiger charge is 2.06. The van der Waals surface area contributed by atoms with Crippen LogP contribution in [0.15, 0.2) is 18.2 Å². The van der Waals surface area contributed by atoms with E-state index in [9.17, 15) is 4.39 Å². The largest absolute Gasteiger partial charge is 0.490 e. The Morgan fingerprint density at radius 2 is 2.24 bits per heavy atom. The SMILES string of the molecule is CCC(C)COc1cc(C#CCO)ccc1F. The molecular formula is C14H17FO2. The lowest BCUT2D eigenvalue weighted by Gasteiger charge is -2.11. The molecule has 0 heterocycles. The molecule has 0 saturated carbocycles. The Labute approximate surface area is 101 Å². The number of hydrogen-bond donors (Lipinski definition) is 1. The molecule has 17 heavy (non-hydrogen) atoms. The van der Waals surface area contributed by atoms with Crippen LogP contribution in [0, 0.1) is 23.6 Å². The van der Waals surface area contributed by atoms with Crippen LogP contribution < -0.4 is 4.74 Å². The number of aliphatic hydroxyl groups excluding tert-OH is 1. The van der Waals surface area contributed by atoms with Gasteiger partial charge in [0.2, 0.25) is 0 Å². The smallest absolute Gasteiger partial charge is 0.165 e. The van der Waals surface area contributed by atoms with E-state index >= 15 is 0 Å². The molecule has 0 aliphatic heterocycles. The lowest BCUT2D eigenvalue weighted by atomic mass is 10.1. The first-order valence-electron chi connectivity index (χ1n) is 5.69. The fourth-order valence-corrected chi connectivity index (χ4v) is 1.18.